The number of carboxylic acid groups (broad SMARTS) is 1. The summed E-state index contributed by atoms with van der Waals surface area (Å²) in [5.41, 5.74) is 0.423. The van der Waals surface area contributed by atoms with Gasteiger partial charge in [-0.2, -0.15) is 0 Å². The lowest BCUT2D eigenvalue weighted by Gasteiger charge is -2.75. The highest BCUT2D eigenvalue weighted by atomic mass is 16.4. The van der Waals surface area contributed by atoms with Crippen molar-refractivity contribution in [1.82, 2.24) is 0 Å². The standard InChI is InChI=1S/C19H24O3/c1-17-11-9-14-4-2-3-10-18(14,12-17)19(17,22)15-7-5-13(6-8-15)16(20)21/h5-8,14,22H,2-4,9-12H2,1H3,(H,20,21)/t14-,17+,18+,19-/m0/s1. The van der Waals surface area contributed by atoms with E-state index in [9.17, 15) is 9.90 Å². The van der Waals surface area contributed by atoms with E-state index in [1.165, 1.54) is 25.7 Å². The van der Waals surface area contributed by atoms with E-state index < -0.39 is 11.6 Å². The Morgan fingerprint density at radius 3 is 2.55 bits per heavy atom. The van der Waals surface area contributed by atoms with Crippen LogP contribution >= 0.6 is 0 Å². The van der Waals surface area contributed by atoms with Crippen LogP contribution in [-0.4, -0.2) is 16.2 Å². The van der Waals surface area contributed by atoms with Crippen molar-refractivity contribution >= 4 is 5.97 Å². The maximum atomic E-state index is 11.8. The van der Waals surface area contributed by atoms with Gasteiger partial charge in [0.15, 0.2) is 0 Å². The van der Waals surface area contributed by atoms with Crippen molar-refractivity contribution in [2.75, 3.05) is 0 Å². The molecule has 118 valence electrons. The van der Waals surface area contributed by atoms with Gasteiger partial charge in [0.2, 0.25) is 0 Å². The van der Waals surface area contributed by atoms with Crippen LogP contribution in [0.3, 0.4) is 0 Å². The van der Waals surface area contributed by atoms with E-state index >= 15 is 0 Å². The molecule has 3 aliphatic carbocycles. The summed E-state index contributed by atoms with van der Waals surface area (Å²) >= 11 is 0. The quantitative estimate of drug-likeness (QED) is 0.869. The number of fused-ring (bicyclic) bond motifs is 1. The molecule has 2 bridgehead atoms. The number of aliphatic hydroxyl groups is 1. The van der Waals surface area contributed by atoms with Crippen molar-refractivity contribution in [1.29, 1.82) is 0 Å². The van der Waals surface area contributed by atoms with E-state index in [0.717, 1.165) is 24.8 Å². The molecule has 1 aromatic carbocycles. The van der Waals surface area contributed by atoms with Crippen molar-refractivity contribution in [3.05, 3.63) is 35.4 Å². The Bertz CT molecular complexity index is 622. The normalized spacial score (nSPS) is 43.1. The predicted molar refractivity (Wildman–Crippen MR) is 83.6 cm³/mol. The van der Waals surface area contributed by atoms with E-state index in [-0.39, 0.29) is 10.8 Å². The maximum absolute atomic E-state index is 11.8. The predicted octanol–water partition coefficient (Wildman–Crippen LogP) is 3.95. The molecule has 0 amide bonds. The van der Waals surface area contributed by atoms with Crippen molar-refractivity contribution in [2.24, 2.45) is 16.7 Å². The second-order valence-electron chi connectivity index (χ2n) is 7.97. The molecule has 0 heterocycles. The highest BCUT2D eigenvalue weighted by Gasteiger charge is 2.75. The van der Waals surface area contributed by atoms with Crippen molar-refractivity contribution in [2.45, 2.75) is 57.5 Å². The highest BCUT2D eigenvalue weighted by molar-refractivity contribution is 5.87. The lowest BCUT2D eigenvalue weighted by molar-refractivity contribution is -0.336. The van der Waals surface area contributed by atoms with Crippen LogP contribution < -0.4 is 0 Å². The summed E-state index contributed by atoms with van der Waals surface area (Å²) < 4.78 is 0. The summed E-state index contributed by atoms with van der Waals surface area (Å²) in [6.07, 6.45) is 8.31. The monoisotopic (exact) mass is 300 g/mol. The average molecular weight is 300 g/mol. The molecule has 22 heavy (non-hydrogen) atoms. The van der Waals surface area contributed by atoms with Crippen LogP contribution in [0.1, 0.15) is 67.8 Å². The summed E-state index contributed by atoms with van der Waals surface area (Å²) in [6, 6.07) is 6.97. The first kappa shape index (κ1) is 14.3. The third-order valence-electron chi connectivity index (χ3n) is 7.10. The van der Waals surface area contributed by atoms with E-state index in [0.29, 0.717) is 11.5 Å². The summed E-state index contributed by atoms with van der Waals surface area (Å²) in [4.78, 5) is 11.1. The minimum absolute atomic E-state index is 0.0307. The third-order valence-corrected chi connectivity index (χ3v) is 7.10. The Morgan fingerprint density at radius 1 is 1.14 bits per heavy atom. The van der Waals surface area contributed by atoms with Gasteiger partial charge in [-0.1, -0.05) is 31.9 Å². The Hall–Kier alpha value is -1.35. The molecule has 3 aliphatic rings. The van der Waals surface area contributed by atoms with Gasteiger partial charge >= 0.3 is 5.97 Å². The third kappa shape index (κ3) is 1.48. The first-order valence-electron chi connectivity index (χ1n) is 8.49. The van der Waals surface area contributed by atoms with Crippen molar-refractivity contribution in [3.63, 3.8) is 0 Å². The smallest absolute Gasteiger partial charge is 0.335 e. The van der Waals surface area contributed by atoms with Gasteiger partial charge in [0.05, 0.1) is 5.56 Å². The molecule has 1 spiro atoms. The van der Waals surface area contributed by atoms with Crippen molar-refractivity contribution < 1.29 is 15.0 Å². The van der Waals surface area contributed by atoms with E-state index in [4.69, 9.17) is 5.11 Å². The topological polar surface area (TPSA) is 57.5 Å². The van der Waals surface area contributed by atoms with Gasteiger partial charge in [-0.15, -0.1) is 0 Å². The lowest BCUT2D eigenvalue weighted by Crippen LogP contribution is -2.73. The zero-order valence-corrected chi connectivity index (χ0v) is 13.1. The van der Waals surface area contributed by atoms with Crippen LogP contribution in [-0.2, 0) is 5.60 Å². The molecule has 3 heteroatoms. The minimum atomic E-state index is -0.910. The molecule has 0 aromatic heterocycles. The van der Waals surface area contributed by atoms with Crippen molar-refractivity contribution in [3.8, 4) is 0 Å². The van der Waals surface area contributed by atoms with Gasteiger partial charge in [0, 0.05) is 10.8 Å². The lowest BCUT2D eigenvalue weighted by atomic mass is 9.31. The van der Waals surface area contributed by atoms with Gasteiger partial charge in [-0.25, -0.2) is 4.79 Å². The van der Waals surface area contributed by atoms with Crippen LogP contribution in [0.15, 0.2) is 24.3 Å². The molecule has 4 atom stereocenters. The van der Waals surface area contributed by atoms with Gasteiger partial charge in [0.1, 0.15) is 5.60 Å². The number of carboxylic acids is 1. The van der Waals surface area contributed by atoms with Crippen LogP contribution in [0.2, 0.25) is 0 Å². The number of carbonyl (C=O) groups is 1. The van der Waals surface area contributed by atoms with Gasteiger partial charge in [0.25, 0.3) is 0 Å². The second-order valence-corrected chi connectivity index (χ2v) is 7.97. The molecular weight excluding hydrogens is 276 g/mol. The van der Waals surface area contributed by atoms with Crippen LogP contribution in [0.25, 0.3) is 0 Å². The highest BCUT2D eigenvalue weighted by Crippen LogP contribution is 2.78. The van der Waals surface area contributed by atoms with Gasteiger partial charge in [-0.05, 0) is 55.7 Å². The minimum Gasteiger partial charge on any atom is -0.478 e. The molecule has 2 N–H and O–H groups in total. The number of hydrogen-bond donors (Lipinski definition) is 2. The Balaban J connectivity index is 1.79. The fourth-order valence-electron chi connectivity index (χ4n) is 6.14. The zero-order valence-electron chi connectivity index (χ0n) is 13.1. The van der Waals surface area contributed by atoms with Gasteiger partial charge in [-0.3, -0.25) is 0 Å². The van der Waals surface area contributed by atoms with Crippen LogP contribution in [0.5, 0.6) is 0 Å². The molecule has 3 fully saturated rings. The molecule has 3 saturated carbocycles. The number of benzene rings is 1. The summed E-state index contributed by atoms with van der Waals surface area (Å²) in [5.74, 6) is -0.278. The van der Waals surface area contributed by atoms with Gasteiger partial charge < -0.3 is 10.2 Å². The molecule has 3 nitrogen and oxygen atoms in total. The van der Waals surface area contributed by atoms with E-state index in [1.54, 1.807) is 12.1 Å². The molecule has 1 aromatic rings. The Labute approximate surface area is 131 Å². The second kappa shape index (κ2) is 4.35. The van der Waals surface area contributed by atoms with E-state index in [2.05, 4.69) is 6.92 Å². The number of aromatic carboxylic acids is 1. The number of rotatable bonds is 2. The molecular formula is C19H24O3. The average Bonchev–Trinajstić information content (AvgIpc) is 2.53. The van der Waals surface area contributed by atoms with Crippen LogP contribution in [0, 0.1) is 16.7 Å². The molecule has 0 radical (unpaired) electrons. The molecule has 0 saturated heterocycles. The Kier molecular flexibility index (Phi) is 2.82. The summed E-state index contributed by atoms with van der Waals surface area (Å²) in [6.45, 7) is 2.22. The molecule has 0 unspecified atom stereocenters. The molecule has 4 rings (SSSR count). The SMILES string of the molecule is C[C@@]12CC[C@@H]3CCCC[C@]3(C1)[C@]2(O)c1ccc(C(=O)O)cc1. The number of hydrogen-bond acceptors (Lipinski definition) is 2. The zero-order chi connectivity index (χ0) is 15.6. The maximum Gasteiger partial charge on any atom is 0.335 e. The fourth-order valence-corrected chi connectivity index (χ4v) is 6.14. The summed E-state index contributed by atoms with van der Waals surface area (Å²) in [7, 11) is 0. The summed E-state index contributed by atoms with van der Waals surface area (Å²) in [5, 5.41) is 20.9. The Morgan fingerprint density at radius 2 is 1.86 bits per heavy atom. The van der Waals surface area contributed by atoms with Crippen LogP contribution in [0.4, 0.5) is 0 Å². The molecule has 0 aliphatic heterocycles. The largest absolute Gasteiger partial charge is 0.478 e. The first-order valence-corrected chi connectivity index (χ1v) is 8.49. The fraction of sp³-hybridized carbons (Fsp3) is 0.632. The van der Waals surface area contributed by atoms with E-state index in [1.807, 2.05) is 12.1 Å². The first-order chi connectivity index (χ1) is 10.4.